The summed E-state index contributed by atoms with van der Waals surface area (Å²) in [6.07, 6.45) is 1.96. The first kappa shape index (κ1) is 17.3. The van der Waals surface area contributed by atoms with Crippen LogP contribution in [-0.2, 0) is 4.79 Å². The SMILES string of the molecule is Cc1ccc(O[C@H](C)C(=O)Nc2ccc(N3CCCC3)cc2)cc1C. The van der Waals surface area contributed by atoms with E-state index in [0.29, 0.717) is 0 Å². The van der Waals surface area contributed by atoms with Crippen LogP contribution in [0.4, 0.5) is 11.4 Å². The maximum Gasteiger partial charge on any atom is 0.265 e. The molecule has 0 aromatic heterocycles. The maximum absolute atomic E-state index is 12.4. The van der Waals surface area contributed by atoms with Crippen LogP contribution in [0.5, 0.6) is 5.75 Å². The van der Waals surface area contributed by atoms with Crippen LogP contribution in [0.25, 0.3) is 0 Å². The molecule has 4 nitrogen and oxygen atoms in total. The number of aryl methyl sites for hydroxylation is 2. The van der Waals surface area contributed by atoms with Crippen LogP contribution in [0.15, 0.2) is 42.5 Å². The number of carbonyl (C=O) groups is 1. The summed E-state index contributed by atoms with van der Waals surface area (Å²) < 4.78 is 5.77. The van der Waals surface area contributed by atoms with Crippen LogP contribution >= 0.6 is 0 Å². The first-order chi connectivity index (χ1) is 12.0. The van der Waals surface area contributed by atoms with Crippen LogP contribution in [-0.4, -0.2) is 25.1 Å². The zero-order chi connectivity index (χ0) is 17.8. The molecule has 0 radical (unpaired) electrons. The average Bonchev–Trinajstić information content (AvgIpc) is 3.13. The quantitative estimate of drug-likeness (QED) is 0.883. The summed E-state index contributed by atoms with van der Waals surface area (Å²) in [4.78, 5) is 14.7. The smallest absolute Gasteiger partial charge is 0.265 e. The number of amides is 1. The minimum absolute atomic E-state index is 0.146. The van der Waals surface area contributed by atoms with Gasteiger partial charge in [0.15, 0.2) is 6.10 Å². The second-order valence-corrected chi connectivity index (χ2v) is 6.74. The van der Waals surface area contributed by atoms with E-state index in [9.17, 15) is 4.79 Å². The number of hydrogen-bond acceptors (Lipinski definition) is 3. The number of anilines is 2. The number of benzene rings is 2. The second kappa shape index (κ2) is 7.60. The highest BCUT2D eigenvalue weighted by Gasteiger charge is 2.16. The van der Waals surface area contributed by atoms with Crippen molar-refractivity contribution in [2.45, 2.75) is 39.7 Å². The summed E-state index contributed by atoms with van der Waals surface area (Å²) >= 11 is 0. The number of hydrogen-bond donors (Lipinski definition) is 1. The molecule has 1 heterocycles. The third-order valence-corrected chi connectivity index (χ3v) is 4.77. The Kier molecular flexibility index (Phi) is 5.27. The topological polar surface area (TPSA) is 41.6 Å². The summed E-state index contributed by atoms with van der Waals surface area (Å²) in [5.74, 6) is 0.572. The highest BCUT2D eigenvalue weighted by molar-refractivity contribution is 5.94. The van der Waals surface area contributed by atoms with E-state index in [4.69, 9.17) is 4.74 Å². The van der Waals surface area contributed by atoms with E-state index < -0.39 is 6.10 Å². The lowest BCUT2D eigenvalue weighted by molar-refractivity contribution is -0.122. The minimum atomic E-state index is -0.555. The third kappa shape index (κ3) is 4.32. The van der Waals surface area contributed by atoms with E-state index in [1.807, 2.05) is 37.3 Å². The molecule has 4 heteroatoms. The van der Waals surface area contributed by atoms with Crippen molar-refractivity contribution in [3.05, 3.63) is 53.6 Å². The van der Waals surface area contributed by atoms with E-state index in [1.165, 1.54) is 24.1 Å². The van der Waals surface area contributed by atoms with Gasteiger partial charge in [0.2, 0.25) is 0 Å². The Morgan fingerprint density at radius 2 is 1.72 bits per heavy atom. The molecule has 3 rings (SSSR count). The fourth-order valence-corrected chi connectivity index (χ4v) is 3.02. The van der Waals surface area contributed by atoms with Gasteiger partial charge in [-0.15, -0.1) is 0 Å². The van der Waals surface area contributed by atoms with Crippen LogP contribution in [0, 0.1) is 13.8 Å². The first-order valence-electron chi connectivity index (χ1n) is 8.93. The van der Waals surface area contributed by atoms with Gasteiger partial charge in [0.1, 0.15) is 5.75 Å². The summed E-state index contributed by atoms with van der Waals surface area (Å²) in [7, 11) is 0. The molecule has 1 saturated heterocycles. The molecule has 0 aliphatic carbocycles. The van der Waals surface area contributed by atoms with Gasteiger partial charge < -0.3 is 15.0 Å². The molecule has 132 valence electrons. The highest BCUT2D eigenvalue weighted by atomic mass is 16.5. The van der Waals surface area contributed by atoms with E-state index in [-0.39, 0.29) is 5.91 Å². The van der Waals surface area contributed by atoms with Crippen molar-refractivity contribution in [1.82, 2.24) is 0 Å². The molecule has 0 unspecified atom stereocenters. The van der Waals surface area contributed by atoms with Crippen LogP contribution < -0.4 is 15.0 Å². The Hall–Kier alpha value is -2.49. The molecule has 25 heavy (non-hydrogen) atoms. The van der Waals surface area contributed by atoms with Gasteiger partial charge >= 0.3 is 0 Å². The summed E-state index contributed by atoms with van der Waals surface area (Å²) in [5.41, 5.74) is 4.38. The van der Waals surface area contributed by atoms with Crippen molar-refractivity contribution in [3.63, 3.8) is 0 Å². The summed E-state index contributed by atoms with van der Waals surface area (Å²) in [6, 6.07) is 13.9. The second-order valence-electron chi connectivity index (χ2n) is 6.74. The lowest BCUT2D eigenvalue weighted by Crippen LogP contribution is -2.30. The summed E-state index contributed by atoms with van der Waals surface area (Å²) in [6.45, 7) is 8.10. The van der Waals surface area contributed by atoms with Gasteiger partial charge in [0.05, 0.1) is 0 Å². The standard InChI is InChI=1S/C21H26N2O2/c1-15-6-11-20(14-16(15)2)25-17(3)21(24)22-18-7-9-19(10-8-18)23-12-4-5-13-23/h6-11,14,17H,4-5,12-13H2,1-3H3,(H,22,24)/t17-/m1/s1. The molecule has 1 amide bonds. The lowest BCUT2D eigenvalue weighted by atomic mass is 10.1. The van der Waals surface area contributed by atoms with Gasteiger partial charge in [-0.1, -0.05) is 6.07 Å². The Balaban J connectivity index is 1.58. The van der Waals surface area contributed by atoms with Crippen molar-refractivity contribution < 1.29 is 9.53 Å². The molecule has 0 bridgehead atoms. The number of rotatable bonds is 5. The fraction of sp³-hybridized carbons (Fsp3) is 0.381. The van der Waals surface area contributed by atoms with Crippen LogP contribution in [0.1, 0.15) is 30.9 Å². The monoisotopic (exact) mass is 338 g/mol. The number of nitrogens with zero attached hydrogens (tertiary/aromatic N) is 1. The Morgan fingerprint density at radius 1 is 1.04 bits per heavy atom. The van der Waals surface area contributed by atoms with E-state index in [0.717, 1.165) is 30.1 Å². The number of ether oxygens (including phenoxy) is 1. The molecule has 1 aliphatic rings. The maximum atomic E-state index is 12.4. The molecule has 0 saturated carbocycles. The van der Waals surface area contributed by atoms with Crippen molar-refractivity contribution in [1.29, 1.82) is 0 Å². The highest BCUT2D eigenvalue weighted by Crippen LogP contribution is 2.22. The van der Waals surface area contributed by atoms with Crippen molar-refractivity contribution in [2.75, 3.05) is 23.3 Å². The Morgan fingerprint density at radius 3 is 2.36 bits per heavy atom. The first-order valence-corrected chi connectivity index (χ1v) is 8.93. The Labute approximate surface area is 149 Å². The van der Waals surface area contributed by atoms with E-state index >= 15 is 0 Å². The predicted octanol–water partition coefficient (Wildman–Crippen LogP) is 4.31. The molecule has 0 spiro atoms. The van der Waals surface area contributed by atoms with Gasteiger partial charge in [-0.2, -0.15) is 0 Å². The lowest BCUT2D eigenvalue weighted by Gasteiger charge is -2.18. The molecule has 1 aliphatic heterocycles. The normalized spacial score (nSPS) is 15.1. The molecule has 2 aromatic carbocycles. The van der Waals surface area contributed by atoms with Crippen molar-refractivity contribution in [2.24, 2.45) is 0 Å². The molecule has 1 N–H and O–H groups in total. The van der Waals surface area contributed by atoms with Crippen LogP contribution in [0.3, 0.4) is 0 Å². The molecular formula is C21H26N2O2. The van der Waals surface area contributed by atoms with Gasteiger partial charge in [0, 0.05) is 24.5 Å². The number of nitrogens with one attached hydrogen (secondary N) is 1. The van der Waals surface area contributed by atoms with E-state index in [1.54, 1.807) is 6.92 Å². The largest absolute Gasteiger partial charge is 0.481 e. The van der Waals surface area contributed by atoms with Crippen molar-refractivity contribution in [3.8, 4) is 5.75 Å². The van der Waals surface area contributed by atoms with Gasteiger partial charge in [-0.25, -0.2) is 0 Å². The third-order valence-electron chi connectivity index (χ3n) is 4.77. The van der Waals surface area contributed by atoms with Gasteiger partial charge in [-0.3, -0.25) is 4.79 Å². The molecule has 2 aromatic rings. The predicted molar refractivity (Wildman–Crippen MR) is 103 cm³/mol. The van der Waals surface area contributed by atoms with Crippen LogP contribution in [0.2, 0.25) is 0 Å². The van der Waals surface area contributed by atoms with E-state index in [2.05, 4.69) is 29.3 Å². The molecule has 1 atom stereocenters. The zero-order valence-electron chi connectivity index (χ0n) is 15.2. The molecular weight excluding hydrogens is 312 g/mol. The number of carbonyl (C=O) groups excluding carboxylic acids is 1. The molecule has 1 fully saturated rings. The Bertz CT molecular complexity index is 734. The average molecular weight is 338 g/mol. The van der Waals surface area contributed by atoms with Crippen molar-refractivity contribution >= 4 is 17.3 Å². The minimum Gasteiger partial charge on any atom is -0.481 e. The van der Waals surface area contributed by atoms with Gasteiger partial charge in [-0.05, 0) is 81.1 Å². The summed E-state index contributed by atoms with van der Waals surface area (Å²) in [5, 5.41) is 2.92. The zero-order valence-corrected chi connectivity index (χ0v) is 15.2. The fourth-order valence-electron chi connectivity index (χ4n) is 3.02. The van der Waals surface area contributed by atoms with Gasteiger partial charge in [0.25, 0.3) is 5.91 Å².